The minimum absolute atomic E-state index is 0.0918. The van der Waals surface area contributed by atoms with Crippen LogP contribution in [0.3, 0.4) is 0 Å². The van der Waals surface area contributed by atoms with Gasteiger partial charge in [-0.15, -0.1) is 0 Å². The van der Waals surface area contributed by atoms with E-state index in [1.165, 1.54) is 22.2 Å². The molecule has 1 aliphatic rings. The smallest absolute Gasteiger partial charge is 0.265 e. The van der Waals surface area contributed by atoms with Gasteiger partial charge in [-0.3, -0.25) is 9.69 Å². The van der Waals surface area contributed by atoms with Gasteiger partial charge in [-0.2, -0.15) is 0 Å². The Morgan fingerprint density at radius 2 is 2.08 bits per heavy atom. The summed E-state index contributed by atoms with van der Waals surface area (Å²) in [4.78, 5) is 14.1. The highest BCUT2D eigenvalue weighted by molar-refractivity contribution is 8.26. The van der Waals surface area contributed by atoms with E-state index in [4.69, 9.17) is 28.6 Å². The molecule has 0 aliphatic carbocycles. The van der Waals surface area contributed by atoms with Gasteiger partial charge in [0.25, 0.3) is 5.91 Å². The summed E-state index contributed by atoms with van der Waals surface area (Å²) in [7, 11) is 1.67. The largest absolute Gasteiger partial charge is 0.487 e. The average molecular weight is 390 g/mol. The highest BCUT2D eigenvalue weighted by Gasteiger charge is 2.28. The molecule has 0 saturated carbocycles. The van der Waals surface area contributed by atoms with Crippen molar-refractivity contribution in [2.75, 3.05) is 7.05 Å². The molecular weight excluding hydrogens is 374 g/mol. The number of halogens is 1. The maximum atomic E-state index is 12.1. The minimum atomic E-state index is -0.0918. The Labute approximate surface area is 161 Å². The topological polar surface area (TPSA) is 29.5 Å². The first kappa shape index (κ1) is 18.0. The first-order chi connectivity index (χ1) is 11.9. The second-order valence-corrected chi connectivity index (χ2v) is 7.79. The SMILES string of the molecule is Cc1cccc(COc2ccc(/C=C3/SC(=S)N(C)C3=O)cc2Cl)c1. The first-order valence-electron chi connectivity index (χ1n) is 7.63. The molecule has 3 nitrogen and oxygen atoms in total. The lowest BCUT2D eigenvalue weighted by Crippen LogP contribution is -2.22. The summed E-state index contributed by atoms with van der Waals surface area (Å²) < 4.78 is 6.36. The molecule has 0 spiro atoms. The number of carbonyl (C=O) groups is 1. The van der Waals surface area contributed by atoms with Crippen LogP contribution in [-0.4, -0.2) is 22.2 Å². The lowest BCUT2D eigenvalue weighted by molar-refractivity contribution is -0.121. The number of hydrogen-bond acceptors (Lipinski definition) is 4. The number of benzene rings is 2. The Kier molecular flexibility index (Phi) is 5.47. The predicted octanol–water partition coefficient (Wildman–Crippen LogP) is 5.06. The highest BCUT2D eigenvalue weighted by Crippen LogP contribution is 2.33. The van der Waals surface area contributed by atoms with Crippen molar-refractivity contribution in [2.45, 2.75) is 13.5 Å². The molecule has 3 rings (SSSR count). The van der Waals surface area contributed by atoms with Crippen LogP contribution in [0.25, 0.3) is 6.08 Å². The molecule has 0 atom stereocenters. The minimum Gasteiger partial charge on any atom is -0.487 e. The second kappa shape index (κ2) is 7.60. The molecule has 2 aromatic rings. The number of hydrogen-bond donors (Lipinski definition) is 0. The number of aryl methyl sites for hydroxylation is 1. The van der Waals surface area contributed by atoms with Crippen molar-refractivity contribution >= 4 is 51.9 Å². The molecule has 1 aliphatic heterocycles. The molecule has 1 amide bonds. The molecule has 1 saturated heterocycles. The van der Waals surface area contributed by atoms with E-state index in [9.17, 15) is 4.79 Å². The molecule has 128 valence electrons. The lowest BCUT2D eigenvalue weighted by Gasteiger charge is -2.09. The molecule has 25 heavy (non-hydrogen) atoms. The number of nitrogens with zero attached hydrogens (tertiary/aromatic N) is 1. The summed E-state index contributed by atoms with van der Waals surface area (Å²) in [6.45, 7) is 2.50. The van der Waals surface area contributed by atoms with Gasteiger partial charge < -0.3 is 4.74 Å². The van der Waals surface area contributed by atoms with Crippen molar-refractivity contribution in [1.82, 2.24) is 4.90 Å². The van der Waals surface area contributed by atoms with Gasteiger partial charge in [-0.25, -0.2) is 0 Å². The molecule has 0 N–H and O–H groups in total. The molecular formula is C19H16ClNO2S2. The molecule has 0 radical (unpaired) electrons. The second-order valence-electron chi connectivity index (χ2n) is 5.71. The van der Waals surface area contributed by atoms with Crippen LogP contribution in [0, 0.1) is 6.92 Å². The number of thiocarbonyl (C=S) groups is 1. The van der Waals surface area contributed by atoms with Gasteiger partial charge in [-0.05, 0) is 36.3 Å². The molecule has 1 fully saturated rings. The van der Waals surface area contributed by atoms with Gasteiger partial charge >= 0.3 is 0 Å². The Hall–Kier alpha value is -1.82. The molecule has 6 heteroatoms. The fourth-order valence-corrected chi connectivity index (χ4v) is 3.81. The fraction of sp³-hybridized carbons (Fsp3) is 0.158. The quantitative estimate of drug-likeness (QED) is 0.540. The van der Waals surface area contributed by atoms with Gasteiger partial charge in [0.05, 0.1) is 9.93 Å². The normalized spacial score (nSPS) is 16.0. The number of amides is 1. The summed E-state index contributed by atoms with van der Waals surface area (Å²) in [6.07, 6.45) is 1.79. The van der Waals surface area contributed by atoms with E-state index in [2.05, 4.69) is 6.07 Å². The zero-order valence-electron chi connectivity index (χ0n) is 13.8. The molecule has 0 unspecified atom stereocenters. The Bertz CT molecular complexity index is 879. The van der Waals surface area contributed by atoms with Gasteiger partial charge in [-0.1, -0.05) is 71.5 Å². The van der Waals surface area contributed by atoms with Crippen molar-refractivity contribution in [2.24, 2.45) is 0 Å². The first-order valence-corrected chi connectivity index (χ1v) is 9.24. The maximum Gasteiger partial charge on any atom is 0.265 e. The van der Waals surface area contributed by atoms with Crippen LogP contribution in [-0.2, 0) is 11.4 Å². The number of likely N-dealkylation sites (N-methyl/N-ethyl adjacent to an activating group) is 1. The van der Waals surface area contributed by atoms with E-state index < -0.39 is 0 Å². The van der Waals surface area contributed by atoms with E-state index in [1.54, 1.807) is 19.2 Å². The van der Waals surface area contributed by atoms with Crippen molar-refractivity contribution in [3.05, 3.63) is 69.1 Å². The molecule has 2 aromatic carbocycles. The van der Waals surface area contributed by atoms with E-state index in [-0.39, 0.29) is 5.91 Å². The summed E-state index contributed by atoms with van der Waals surface area (Å²) >= 11 is 12.7. The van der Waals surface area contributed by atoms with Crippen LogP contribution in [0.1, 0.15) is 16.7 Å². The summed E-state index contributed by atoms with van der Waals surface area (Å²) in [5, 5.41) is 0.508. The fourth-order valence-electron chi connectivity index (χ4n) is 2.38. The number of carbonyl (C=O) groups excluding carboxylic acids is 1. The van der Waals surface area contributed by atoms with Crippen molar-refractivity contribution in [1.29, 1.82) is 0 Å². The van der Waals surface area contributed by atoms with E-state index in [1.807, 2.05) is 37.3 Å². The molecule has 1 heterocycles. The van der Waals surface area contributed by atoms with Crippen LogP contribution >= 0.6 is 35.6 Å². The van der Waals surface area contributed by atoms with Crippen LogP contribution in [0.2, 0.25) is 5.02 Å². The van der Waals surface area contributed by atoms with Gasteiger partial charge in [0.15, 0.2) is 0 Å². The Balaban J connectivity index is 1.73. The van der Waals surface area contributed by atoms with E-state index >= 15 is 0 Å². The van der Waals surface area contributed by atoms with E-state index in [0.717, 1.165) is 11.1 Å². The molecule has 0 aromatic heterocycles. The Morgan fingerprint density at radius 3 is 2.72 bits per heavy atom. The standard InChI is InChI=1S/C19H16ClNO2S2/c1-12-4-3-5-14(8-12)11-23-16-7-6-13(9-15(16)20)10-17-18(22)21(2)19(24)25-17/h3-10H,11H2,1-2H3/b17-10+. The van der Waals surface area contributed by atoms with Crippen molar-refractivity contribution in [3.63, 3.8) is 0 Å². The third-order valence-electron chi connectivity index (χ3n) is 3.72. The van der Waals surface area contributed by atoms with Crippen LogP contribution < -0.4 is 4.74 Å². The number of ether oxygens (including phenoxy) is 1. The van der Waals surface area contributed by atoms with Crippen molar-refractivity contribution < 1.29 is 9.53 Å². The van der Waals surface area contributed by atoms with Crippen LogP contribution in [0.4, 0.5) is 0 Å². The average Bonchev–Trinajstić information content (AvgIpc) is 2.81. The zero-order chi connectivity index (χ0) is 18.0. The Morgan fingerprint density at radius 1 is 1.28 bits per heavy atom. The van der Waals surface area contributed by atoms with Crippen LogP contribution in [0.5, 0.6) is 5.75 Å². The van der Waals surface area contributed by atoms with Crippen LogP contribution in [0.15, 0.2) is 47.4 Å². The van der Waals surface area contributed by atoms with E-state index in [0.29, 0.717) is 26.6 Å². The summed E-state index contributed by atoms with van der Waals surface area (Å²) in [6, 6.07) is 13.6. The van der Waals surface area contributed by atoms with Gasteiger partial charge in [0.2, 0.25) is 0 Å². The third-order valence-corrected chi connectivity index (χ3v) is 5.50. The molecule has 0 bridgehead atoms. The number of thioether (sulfide) groups is 1. The summed E-state index contributed by atoms with van der Waals surface area (Å²) in [5.74, 6) is 0.522. The van der Waals surface area contributed by atoms with Gasteiger partial charge in [0.1, 0.15) is 16.7 Å². The highest BCUT2D eigenvalue weighted by atomic mass is 35.5. The third kappa shape index (κ3) is 4.24. The van der Waals surface area contributed by atoms with Crippen molar-refractivity contribution in [3.8, 4) is 5.75 Å². The maximum absolute atomic E-state index is 12.1. The van der Waals surface area contributed by atoms with Gasteiger partial charge in [0, 0.05) is 7.05 Å². The zero-order valence-corrected chi connectivity index (χ0v) is 16.2. The lowest BCUT2D eigenvalue weighted by atomic mass is 10.1. The summed E-state index contributed by atoms with van der Waals surface area (Å²) in [5.41, 5.74) is 3.12. The number of rotatable bonds is 4. The predicted molar refractivity (Wildman–Crippen MR) is 108 cm³/mol. The monoisotopic (exact) mass is 389 g/mol.